The third-order valence-electron chi connectivity index (χ3n) is 4.17. The van der Waals surface area contributed by atoms with E-state index in [9.17, 15) is 4.79 Å². The summed E-state index contributed by atoms with van der Waals surface area (Å²) in [4.78, 5) is 25.3. The molecular formula is C20H23N3O3S2. The lowest BCUT2D eigenvalue weighted by Crippen LogP contribution is -2.37. The van der Waals surface area contributed by atoms with Gasteiger partial charge in [0.25, 0.3) is 0 Å². The number of methoxy groups -OCH3 is 2. The number of rotatable bonds is 10. The summed E-state index contributed by atoms with van der Waals surface area (Å²) in [6.07, 6.45) is 1.56. The Balaban J connectivity index is 1.73. The normalized spacial score (nSPS) is 11.1. The number of carbonyl (C=O) groups excluding carboxylic acids is 1. The summed E-state index contributed by atoms with van der Waals surface area (Å²) in [5.41, 5.74) is 1.16. The molecule has 3 aromatic rings. The van der Waals surface area contributed by atoms with Gasteiger partial charge in [-0.15, -0.1) is 11.3 Å². The van der Waals surface area contributed by atoms with Crippen molar-refractivity contribution in [3.8, 4) is 10.4 Å². The van der Waals surface area contributed by atoms with Crippen LogP contribution in [0.5, 0.6) is 0 Å². The highest BCUT2D eigenvalue weighted by molar-refractivity contribution is 8.00. The van der Waals surface area contributed by atoms with E-state index in [4.69, 9.17) is 9.47 Å². The summed E-state index contributed by atoms with van der Waals surface area (Å²) in [6, 6.07) is 12.3. The van der Waals surface area contributed by atoms with Crippen LogP contribution in [0.4, 0.5) is 0 Å². The minimum Gasteiger partial charge on any atom is -0.383 e. The summed E-state index contributed by atoms with van der Waals surface area (Å²) in [5.74, 6) is 0.361. The third-order valence-corrected chi connectivity index (χ3v) is 6.25. The van der Waals surface area contributed by atoms with E-state index in [-0.39, 0.29) is 5.91 Å². The maximum Gasteiger partial charge on any atom is 0.233 e. The largest absolute Gasteiger partial charge is 0.383 e. The first-order valence-electron chi connectivity index (χ1n) is 8.91. The molecule has 0 aliphatic heterocycles. The van der Waals surface area contributed by atoms with Crippen molar-refractivity contribution in [3.63, 3.8) is 0 Å². The van der Waals surface area contributed by atoms with Gasteiger partial charge in [-0.3, -0.25) is 4.79 Å². The third kappa shape index (κ3) is 5.29. The number of thiophene rings is 1. The van der Waals surface area contributed by atoms with Crippen LogP contribution in [0.25, 0.3) is 20.7 Å². The van der Waals surface area contributed by atoms with Crippen LogP contribution in [0.2, 0.25) is 0 Å². The van der Waals surface area contributed by atoms with Crippen LogP contribution >= 0.6 is 23.1 Å². The zero-order valence-corrected chi connectivity index (χ0v) is 17.6. The van der Waals surface area contributed by atoms with Crippen molar-refractivity contribution in [1.29, 1.82) is 0 Å². The van der Waals surface area contributed by atoms with Gasteiger partial charge in [-0.25, -0.2) is 9.97 Å². The molecule has 1 amide bonds. The van der Waals surface area contributed by atoms with E-state index >= 15 is 0 Å². The highest BCUT2D eigenvalue weighted by atomic mass is 32.2. The Morgan fingerprint density at radius 2 is 1.82 bits per heavy atom. The SMILES string of the molecule is COCCN(CCOC)C(=O)CSc1ncnc2sc(-c3ccccc3)cc12. The molecule has 0 fully saturated rings. The summed E-state index contributed by atoms with van der Waals surface area (Å²) in [6.45, 7) is 2.11. The number of amides is 1. The highest BCUT2D eigenvalue weighted by Crippen LogP contribution is 2.36. The fourth-order valence-corrected chi connectivity index (χ4v) is 4.62. The predicted octanol–water partition coefficient (Wildman–Crippen LogP) is 3.57. The summed E-state index contributed by atoms with van der Waals surface area (Å²) in [5, 5.41) is 1.82. The maximum absolute atomic E-state index is 12.6. The first-order valence-corrected chi connectivity index (χ1v) is 10.7. The fourth-order valence-electron chi connectivity index (χ4n) is 2.68. The Morgan fingerprint density at radius 3 is 2.50 bits per heavy atom. The van der Waals surface area contributed by atoms with E-state index in [1.807, 2.05) is 18.2 Å². The lowest BCUT2D eigenvalue weighted by molar-refractivity contribution is -0.129. The van der Waals surface area contributed by atoms with Gasteiger partial charge in [0.15, 0.2) is 0 Å². The molecule has 0 saturated heterocycles. The molecular weight excluding hydrogens is 394 g/mol. The van der Waals surface area contributed by atoms with Crippen molar-refractivity contribution in [2.45, 2.75) is 5.03 Å². The van der Waals surface area contributed by atoms with Crippen LogP contribution in [-0.2, 0) is 14.3 Å². The smallest absolute Gasteiger partial charge is 0.233 e. The number of ether oxygens (including phenoxy) is 2. The Labute approximate surface area is 172 Å². The van der Waals surface area contributed by atoms with Crippen LogP contribution in [0.1, 0.15) is 0 Å². The van der Waals surface area contributed by atoms with Gasteiger partial charge in [0.2, 0.25) is 5.91 Å². The molecule has 0 saturated carbocycles. The number of carbonyl (C=O) groups is 1. The van der Waals surface area contributed by atoms with Crippen molar-refractivity contribution in [2.75, 3.05) is 46.3 Å². The number of nitrogens with zero attached hydrogens (tertiary/aromatic N) is 3. The van der Waals surface area contributed by atoms with Crippen molar-refractivity contribution in [2.24, 2.45) is 0 Å². The van der Waals surface area contributed by atoms with Crippen LogP contribution in [0.3, 0.4) is 0 Å². The fraction of sp³-hybridized carbons (Fsp3) is 0.350. The molecule has 28 heavy (non-hydrogen) atoms. The van der Waals surface area contributed by atoms with Gasteiger partial charge in [-0.2, -0.15) is 0 Å². The maximum atomic E-state index is 12.6. The predicted molar refractivity (Wildman–Crippen MR) is 114 cm³/mol. The number of hydrogen-bond donors (Lipinski definition) is 0. The van der Waals surface area contributed by atoms with Crippen LogP contribution in [0, 0.1) is 0 Å². The van der Waals surface area contributed by atoms with Gasteiger partial charge in [0, 0.05) is 37.6 Å². The minimum absolute atomic E-state index is 0.0457. The van der Waals surface area contributed by atoms with Crippen molar-refractivity contribution in [3.05, 3.63) is 42.7 Å². The molecule has 1 aromatic carbocycles. The Morgan fingerprint density at radius 1 is 1.11 bits per heavy atom. The zero-order chi connectivity index (χ0) is 19.8. The topological polar surface area (TPSA) is 64.6 Å². The van der Waals surface area contributed by atoms with Crippen molar-refractivity contribution in [1.82, 2.24) is 14.9 Å². The van der Waals surface area contributed by atoms with Crippen LogP contribution in [-0.4, -0.2) is 67.1 Å². The molecule has 148 valence electrons. The molecule has 0 aliphatic carbocycles. The molecule has 0 unspecified atom stereocenters. The van der Waals surface area contributed by atoms with Gasteiger partial charge >= 0.3 is 0 Å². The number of benzene rings is 1. The molecule has 6 nitrogen and oxygen atoms in total. The van der Waals surface area contributed by atoms with Gasteiger partial charge in [0.05, 0.1) is 19.0 Å². The molecule has 0 radical (unpaired) electrons. The molecule has 0 spiro atoms. The zero-order valence-electron chi connectivity index (χ0n) is 16.0. The number of aromatic nitrogens is 2. The molecule has 0 bridgehead atoms. The van der Waals surface area contributed by atoms with Crippen molar-refractivity contribution < 1.29 is 14.3 Å². The number of fused-ring (bicyclic) bond motifs is 1. The highest BCUT2D eigenvalue weighted by Gasteiger charge is 2.16. The Bertz CT molecular complexity index is 894. The first-order chi connectivity index (χ1) is 13.7. The van der Waals surface area contributed by atoms with E-state index < -0.39 is 0 Å². The second-order valence-corrected chi connectivity index (χ2v) is 8.02. The summed E-state index contributed by atoms with van der Waals surface area (Å²) in [7, 11) is 3.26. The second kappa shape index (κ2) is 10.5. The van der Waals surface area contributed by atoms with Crippen molar-refractivity contribution >= 4 is 39.2 Å². The second-order valence-electron chi connectivity index (χ2n) is 6.03. The van der Waals surface area contributed by atoms with E-state index in [1.165, 1.54) is 11.8 Å². The van der Waals surface area contributed by atoms with Crippen LogP contribution in [0.15, 0.2) is 47.8 Å². The van der Waals surface area contributed by atoms with E-state index in [1.54, 1.807) is 36.8 Å². The molecule has 2 aromatic heterocycles. The first kappa shape index (κ1) is 20.7. The standard InChI is InChI=1S/C20H23N3O3S2/c1-25-10-8-23(9-11-26-2)18(24)13-27-19-16-12-17(15-6-4-3-5-7-15)28-20(16)22-14-21-19/h3-7,12,14H,8-11,13H2,1-2H3. The van der Waals surface area contributed by atoms with Gasteiger partial charge in [-0.05, 0) is 11.6 Å². The van der Waals surface area contributed by atoms with E-state index in [0.29, 0.717) is 32.1 Å². The molecule has 2 heterocycles. The lowest BCUT2D eigenvalue weighted by atomic mass is 10.2. The lowest BCUT2D eigenvalue weighted by Gasteiger charge is -2.21. The van der Waals surface area contributed by atoms with Gasteiger partial charge in [0.1, 0.15) is 16.2 Å². The number of thioether (sulfide) groups is 1. The number of hydrogen-bond acceptors (Lipinski definition) is 7. The molecule has 0 atom stereocenters. The Hall–Kier alpha value is -2.00. The quantitative estimate of drug-likeness (QED) is 0.371. The summed E-state index contributed by atoms with van der Waals surface area (Å²) < 4.78 is 10.2. The molecule has 3 rings (SSSR count). The molecule has 0 aliphatic rings. The average molecular weight is 418 g/mol. The monoisotopic (exact) mass is 417 g/mol. The molecule has 8 heteroatoms. The Kier molecular flexibility index (Phi) is 7.79. The summed E-state index contributed by atoms with van der Waals surface area (Å²) >= 11 is 3.08. The van der Waals surface area contributed by atoms with E-state index in [2.05, 4.69) is 28.2 Å². The average Bonchev–Trinajstić information content (AvgIpc) is 3.18. The van der Waals surface area contributed by atoms with E-state index in [0.717, 1.165) is 25.7 Å². The molecule has 0 N–H and O–H groups in total. The van der Waals surface area contributed by atoms with Gasteiger partial charge < -0.3 is 14.4 Å². The minimum atomic E-state index is 0.0457. The van der Waals surface area contributed by atoms with Crippen LogP contribution < -0.4 is 0 Å². The van der Waals surface area contributed by atoms with Gasteiger partial charge in [-0.1, -0.05) is 42.1 Å².